The average Bonchev–Trinajstić information content (AvgIpc) is 2.63. The van der Waals surface area contributed by atoms with Gasteiger partial charge in [-0.05, 0) is 43.7 Å². The summed E-state index contributed by atoms with van der Waals surface area (Å²) >= 11 is 0. The van der Waals surface area contributed by atoms with Gasteiger partial charge in [-0.2, -0.15) is 0 Å². The minimum Gasteiger partial charge on any atom is -0.481 e. The normalized spacial score (nSPS) is 16.2. The third kappa shape index (κ3) is 4.55. The van der Waals surface area contributed by atoms with Gasteiger partial charge in [0.2, 0.25) is 0 Å². The summed E-state index contributed by atoms with van der Waals surface area (Å²) in [5.41, 5.74) is 3.03. The van der Waals surface area contributed by atoms with Crippen LogP contribution in [0.1, 0.15) is 12.5 Å². The number of carbonyl (C=O) groups excluding carboxylic acids is 1. The van der Waals surface area contributed by atoms with Gasteiger partial charge in [0.1, 0.15) is 5.75 Å². The van der Waals surface area contributed by atoms with Gasteiger partial charge in [-0.25, -0.2) is 0 Å². The molecule has 1 saturated heterocycles. The van der Waals surface area contributed by atoms with Crippen molar-refractivity contribution < 1.29 is 14.4 Å². The Kier molecular flexibility index (Phi) is 5.78. The summed E-state index contributed by atoms with van der Waals surface area (Å²) in [4.78, 5) is 16.5. The van der Waals surface area contributed by atoms with Crippen LogP contribution in [0.3, 0.4) is 0 Å². The Morgan fingerprint density at radius 2 is 1.88 bits per heavy atom. The highest BCUT2D eigenvalue weighted by atomic mass is 16.5. The van der Waals surface area contributed by atoms with Gasteiger partial charge in [0, 0.05) is 0 Å². The lowest BCUT2D eigenvalue weighted by Crippen LogP contribution is -3.12. The molecular formula is C21H28N3O2+. The van der Waals surface area contributed by atoms with E-state index in [1.165, 1.54) is 0 Å². The number of quaternary nitrogens is 1. The number of carbonyl (C=O) groups is 1. The molecule has 1 heterocycles. The van der Waals surface area contributed by atoms with Crippen molar-refractivity contribution in [3.05, 3.63) is 54.1 Å². The molecule has 0 radical (unpaired) electrons. The number of para-hydroxylation sites is 2. The molecule has 1 aliphatic rings. The summed E-state index contributed by atoms with van der Waals surface area (Å²) in [7, 11) is 2.22. The number of likely N-dealkylation sites (N-methyl/N-ethyl adjacent to an activating group) is 1. The van der Waals surface area contributed by atoms with E-state index in [2.05, 4.69) is 23.3 Å². The molecule has 1 amide bonds. The van der Waals surface area contributed by atoms with Crippen molar-refractivity contribution in [3.63, 3.8) is 0 Å². The fourth-order valence-electron chi connectivity index (χ4n) is 3.17. The molecule has 0 unspecified atom stereocenters. The summed E-state index contributed by atoms with van der Waals surface area (Å²) < 4.78 is 5.80. The van der Waals surface area contributed by atoms with Crippen molar-refractivity contribution >= 4 is 17.3 Å². The van der Waals surface area contributed by atoms with E-state index in [0.29, 0.717) is 5.75 Å². The van der Waals surface area contributed by atoms with E-state index in [1.54, 1.807) is 11.8 Å². The number of nitrogens with zero attached hydrogens (tertiary/aromatic N) is 1. The molecule has 1 aliphatic heterocycles. The second kappa shape index (κ2) is 8.23. The predicted molar refractivity (Wildman–Crippen MR) is 105 cm³/mol. The number of hydrogen-bond acceptors (Lipinski definition) is 3. The minimum absolute atomic E-state index is 0.140. The first-order chi connectivity index (χ1) is 12.5. The molecule has 0 aromatic heterocycles. The maximum absolute atomic E-state index is 12.6. The van der Waals surface area contributed by atoms with Crippen LogP contribution >= 0.6 is 0 Å². The quantitative estimate of drug-likeness (QED) is 0.860. The number of benzene rings is 2. The fourth-order valence-corrected chi connectivity index (χ4v) is 3.17. The minimum atomic E-state index is -0.568. The monoisotopic (exact) mass is 354 g/mol. The molecule has 5 nitrogen and oxygen atoms in total. The van der Waals surface area contributed by atoms with Crippen molar-refractivity contribution in [2.75, 3.05) is 43.4 Å². The summed E-state index contributed by atoms with van der Waals surface area (Å²) in [5, 5.41) is 3.04. The zero-order chi connectivity index (χ0) is 18.5. The zero-order valence-electron chi connectivity index (χ0n) is 15.8. The standard InChI is InChI=1S/C21H27N3O2/c1-16-7-6-8-18(15-16)26-17(2)21(25)22-19-9-4-5-10-20(19)24-13-11-23(3)12-14-24/h4-10,15,17H,11-14H2,1-3H3,(H,22,25)/p+1/t17-/m0/s1. The van der Waals surface area contributed by atoms with E-state index >= 15 is 0 Å². The van der Waals surface area contributed by atoms with Gasteiger partial charge >= 0.3 is 0 Å². The summed E-state index contributed by atoms with van der Waals surface area (Å²) in [6.45, 7) is 7.98. The third-order valence-corrected chi connectivity index (χ3v) is 4.79. The lowest BCUT2D eigenvalue weighted by atomic mass is 10.2. The first kappa shape index (κ1) is 18.3. The molecular weight excluding hydrogens is 326 g/mol. The smallest absolute Gasteiger partial charge is 0.265 e. The van der Waals surface area contributed by atoms with Gasteiger partial charge in [-0.15, -0.1) is 0 Å². The average molecular weight is 354 g/mol. The number of rotatable bonds is 5. The van der Waals surface area contributed by atoms with Gasteiger partial charge in [0.05, 0.1) is 44.6 Å². The van der Waals surface area contributed by atoms with Crippen molar-refractivity contribution in [2.45, 2.75) is 20.0 Å². The topological polar surface area (TPSA) is 46.0 Å². The molecule has 5 heteroatoms. The van der Waals surface area contributed by atoms with Gasteiger partial charge < -0.3 is 19.9 Å². The van der Waals surface area contributed by atoms with E-state index in [1.807, 2.05) is 49.4 Å². The Hall–Kier alpha value is -2.53. The second-order valence-corrected chi connectivity index (χ2v) is 7.03. The summed E-state index contributed by atoms with van der Waals surface area (Å²) in [6, 6.07) is 15.7. The first-order valence-corrected chi connectivity index (χ1v) is 9.22. The SMILES string of the molecule is Cc1cccc(O[C@@H](C)C(=O)Nc2ccccc2N2CC[NH+](C)CC2)c1. The number of aryl methyl sites for hydroxylation is 1. The van der Waals surface area contributed by atoms with Crippen LogP contribution in [0, 0.1) is 6.92 Å². The van der Waals surface area contributed by atoms with Gasteiger partial charge in [-0.1, -0.05) is 24.3 Å². The third-order valence-electron chi connectivity index (χ3n) is 4.79. The van der Waals surface area contributed by atoms with Gasteiger partial charge in [0.25, 0.3) is 5.91 Å². The number of piperazine rings is 1. The molecule has 2 aromatic rings. The van der Waals surface area contributed by atoms with Crippen LogP contribution in [0.5, 0.6) is 5.75 Å². The number of anilines is 2. The largest absolute Gasteiger partial charge is 0.481 e. The van der Waals surface area contributed by atoms with Crippen molar-refractivity contribution in [3.8, 4) is 5.75 Å². The summed E-state index contributed by atoms with van der Waals surface area (Å²) in [5.74, 6) is 0.571. The van der Waals surface area contributed by atoms with Crippen molar-refractivity contribution in [1.82, 2.24) is 0 Å². The molecule has 3 rings (SSSR count). The highest BCUT2D eigenvalue weighted by Gasteiger charge is 2.21. The molecule has 0 aliphatic carbocycles. The highest BCUT2D eigenvalue weighted by molar-refractivity contribution is 5.97. The predicted octanol–water partition coefficient (Wildman–Crippen LogP) is 1.74. The van der Waals surface area contributed by atoms with Crippen LogP contribution < -0.4 is 19.9 Å². The Balaban J connectivity index is 1.67. The Bertz CT molecular complexity index is 754. The lowest BCUT2D eigenvalue weighted by molar-refractivity contribution is -0.880. The summed E-state index contributed by atoms with van der Waals surface area (Å²) in [6.07, 6.45) is -0.568. The molecule has 138 valence electrons. The van der Waals surface area contributed by atoms with E-state index in [4.69, 9.17) is 4.74 Å². The number of ether oxygens (including phenoxy) is 1. The van der Waals surface area contributed by atoms with Crippen molar-refractivity contribution in [1.29, 1.82) is 0 Å². The van der Waals surface area contributed by atoms with Crippen LogP contribution in [0.2, 0.25) is 0 Å². The second-order valence-electron chi connectivity index (χ2n) is 7.03. The van der Waals surface area contributed by atoms with Crippen LogP contribution in [-0.4, -0.2) is 45.2 Å². The molecule has 2 N–H and O–H groups in total. The fraction of sp³-hybridized carbons (Fsp3) is 0.381. The molecule has 0 spiro atoms. The van der Waals surface area contributed by atoms with Crippen LogP contribution in [0.25, 0.3) is 0 Å². The number of hydrogen-bond donors (Lipinski definition) is 2. The Morgan fingerprint density at radius 1 is 1.15 bits per heavy atom. The molecule has 1 atom stereocenters. The van der Waals surface area contributed by atoms with Gasteiger partial charge in [0.15, 0.2) is 6.10 Å². The maximum Gasteiger partial charge on any atom is 0.265 e. The van der Waals surface area contributed by atoms with E-state index in [-0.39, 0.29) is 5.91 Å². The van der Waals surface area contributed by atoms with Crippen LogP contribution in [0.4, 0.5) is 11.4 Å². The first-order valence-electron chi connectivity index (χ1n) is 9.22. The Labute approximate surface area is 155 Å². The maximum atomic E-state index is 12.6. The molecule has 2 aromatic carbocycles. The highest BCUT2D eigenvalue weighted by Crippen LogP contribution is 2.26. The van der Waals surface area contributed by atoms with Crippen LogP contribution in [-0.2, 0) is 4.79 Å². The van der Waals surface area contributed by atoms with E-state index in [0.717, 1.165) is 43.1 Å². The Morgan fingerprint density at radius 3 is 2.62 bits per heavy atom. The molecule has 0 bridgehead atoms. The van der Waals surface area contributed by atoms with Crippen LogP contribution in [0.15, 0.2) is 48.5 Å². The van der Waals surface area contributed by atoms with Crippen molar-refractivity contribution in [2.24, 2.45) is 0 Å². The van der Waals surface area contributed by atoms with Gasteiger partial charge in [-0.3, -0.25) is 4.79 Å². The molecule has 26 heavy (non-hydrogen) atoms. The molecule has 0 saturated carbocycles. The number of nitrogens with one attached hydrogen (secondary N) is 2. The van der Waals surface area contributed by atoms with E-state index in [9.17, 15) is 4.79 Å². The molecule has 1 fully saturated rings. The number of amides is 1. The lowest BCUT2D eigenvalue weighted by Gasteiger charge is -2.33. The zero-order valence-corrected chi connectivity index (χ0v) is 15.8. The van der Waals surface area contributed by atoms with E-state index < -0.39 is 6.10 Å².